The highest BCUT2D eigenvalue weighted by Crippen LogP contribution is 2.18. The van der Waals surface area contributed by atoms with E-state index in [4.69, 9.17) is 10.8 Å². The third-order valence-electron chi connectivity index (χ3n) is 1.27. The first-order valence-corrected chi connectivity index (χ1v) is 4.55. The van der Waals surface area contributed by atoms with E-state index in [1.807, 2.05) is 6.92 Å². The second-order valence-electron chi connectivity index (χ2n) is 2.29. The first-order valence-electron chi connectivity index (χ1n) is 3.57. The highest BCUT2D eigenvalue weighted by atomic mass is 32.2. The first kappa shape index (κ1) is 9.28. The van der Waals surface area contributed by atoms with Crippen LogP contribution in [0.25, 0.3) is 0 Å². The van der Waals surface area contributed by atoms with Crippen LogP contribution in [0.3, 0.4) is 0 Å². The summed E-state index contributed by atoms with van der Waals surface area (Å²) in [4.78, 5) is 7.87. The van der Waals surface area contributed by atoms with Gasteiger partial charge in [-0.15, -0.1) is 11.8 Å². The van der Waals surface area contributed by atoms with Crippen LogP contribution >= 0.6 is 11.8 Å². The summed E-state index contributed by atoms with van der Waals surface area (Å²) in [6.45, 7) is 2.06. The summed E-state index contributed by atoms with van der Waals surface area (Å²) in [5.41, 5.74) is 6.39. The Kier molecular flexibility index (Phi) is 3.31. The van der Waals surface area contributed by atoms with Crippen molar-refractivity contribution in [2.45, 2.75) is 11.9 Å². The van der Waals surface area contributed by atoms with Crippen LogP contribution in [0, 0.1) is 6.92 Å². The number of rotatable bonds is 3. The predicted molar refractivity (Wildman–Crippen MR) is 49.0 cm³/mol. The average Bonchev–Trinajstić information content (AvgIpc) is 2.07. The van der Waals surface area contributed by atoms with E-state index in [2.05, 4.69) is 9.97 Å². The quantitative estimate of drug-likeness (QED) is 0.528. The fourth-order valence-corrected chi connectivity index (χ4v) is 1.45. The topological polar surface area (TPSA) is 72.0 Å². The number of aromatic nitrogens is 2. The Morgan fingerprint density at radius 2 is 2.42 bits per heavy atom. The zero-order valence-electron chi connectivity index (χ0n) is 6.82. The van der Waals surface area contributed by atoms with Crippen molar-refractivity contribution in [3.8, 4) is 0 Å². The van der Waals surface area contributed by atoms with E-state index >= 15 is 0 Å². The molecule has 66 valence electrons. The Morgan fingerprint density at radius 1 is 1.67 bits per heavy atom. The van der Waals surface area contributed by atoms with Crippen molar-refractivity contribution >= 4 is 17.7 Å². The molecule has 0 radical (unpaired) electrons. The van der Waals surface area contributed by atoms with E-state index in [0.29, 0.717) is 5.75 Å². The number of thioether (sulfide) groups is 1. The molecule has 1 rings (SSSR count). The van der Waals surface area contributed by atoms with Gasteiger partial charge in [0.25, 0.3) is 0 Å². The molecule has 0 aliphatic rings. The molecule has 0 fully saturated rings. The van der Waals surface area contributed by atoms with Gasteiger partial charge in [-0.05, 0) is 12.5 Å². The zero-order valence-corrected chi connectivity index (χ0v) is 7.64. The van der Waals surface area contributed by atoms with Gasteiger partial charge in [0.2, 0.25) is 5.95 Å². The Morgan fingerprint density at radius 3 is 3.08 bits per heavy atom. The van der Waals surface area contributed by atoms with Gasteiger partial charge in [0.1, 0.15) is 5.03 Å². The second kappa shape index (κ2) is 4.27. The average molecular weight is 185 g/mol. The predicted octanol–water partition coefficient (Wildman–Crippen LogP) is 0.452. The number of aliphatic hydroxyl groups excluding tert-OH is 1. The van der Waals surface area contributed by atoms with Gasteiger partial charge in [0.05, 0.1) is 6.61 Å². The summed E-state index contributed by atoms with van der Waals surface area (Å²) >= 11 is 1.48. The van der Waals surface area contributed by atoms with E-state index in [1.54, 1.807) is 6.20 Å². The lowest BCUT2D eigenvalue weighted by Crippen LogP contribution is -1.98. The molecule has 0 saturated carbocycles. The van der Waals surface area contributed by atoms with Crippen LogP contribution in [0.2, 0.25) is 0 Å². The van der Waals surface area contributed by atoms with Crippen LogP contribution in [0.15, 0.2) is 11.2 Å². The molecular weight excluding hydrogens is 174 g/mol. The minimum atomic E-state index is 0.147. The minimum absolute atomic E-state index is 0.147. The Bertz CT molecular complexity index is 267. The molecule has 5 heteroatoms. The van der Waals surface area contributed by atoms with Crippen molar-refractivity contribution in [3.05, 3.63) is 11.8 Å². The van der Waals surface area contributed by atoms with Crippen LogP contribution in [0.1, 0.15) is 5.56 Å². The Hall–Kier alpha value is -0.810. The van der Waals surface area contributed by atoms with Gasteiger partial charge in [-0.25, -0.2) is 9.97 Å². The van der Waals surface area contributed by atoms with Gasteiger partial charge in [-0.2, -0.15) is 0 Å². The van der Waals surface area contributed by atoms with Crippen molar-refractivity contribution in [2.75, 3.05) is 18.1 Å². The standard InChI is InChI=1S/C7H11N3OS/c1-5-4-9-7(8)10-6(5)12-3-2-11/h4,11H,2-3H2,1H3,(H2,8,9,10). The summed E-state index contributed by atoms with van der Waals surface area (Å²) in [7, 11) is 0. The van der Waals surface area contributed by atoms with Crippen molar-refractivity contribution in [3.63, 3.8) is 0 Å². The van der Waals surface area contributed by atoms with Crippen LogP contribution < -0.4 is 5.73 Å². The lowest BCUT2D eigenvalue weighted by atomic mass is 10.4. The Balaban J connectivity index is 2.75. The van der Waals surface area contributed by atoms with E-state index < -0.39 is 0 Å². The largest absolute Gasteiger partial charge is 0.396 e. The summed E-state index contributed by atoms with van der Waals surface area (Å²) in [5.74, 6) is 0.915. The summed E-state index contributed by atoms with van der Waals surface area (Å²) in [5, 5.41) is 9.44. The molecule has 1 aromatic rings. The molecule has 1 aromatic heterocycles. The van der Waals surface area contributed by atoms with Crippen molar-refractivity contribution in [1.82, 2.24) is 9.97 Å². The monoisotopic (exact) mass is 185 g/mol. The lowest BCUT2D eigenvalue weighted by molar-refractivity contribution is 0.322. The minimum Gasteiger partial charge on any atom is -0.396 e. The van der Waals surface area contributed by atoms with Gasteiger partial charge in [0.15, 0.2) is 0 Å². The molecule has 0 spiro atoms. The molecule has 0 unspecified atom stereocenters. The number of nitrogens with zero attached hydrogens (tertiary/aromatic N) is 2. The third kappa shape index (κ3) is 2.35. The van der Waals surface area contributed by atoms with Gasteiger partial charge in [-0.1, -0.05) is 0 Å². The first-order chi connectivity index (χ1) is 5.74. The van der Waals surface area contributed by atoms with Crippen LogP contribution in [-0.2, 0) is 0 Å². The van der Waals surface area contributed by atoms with Crippen LogP contribution in [0.4, 0.5) is 5.95 Å². The molecule has 0 aliphatic heterocycles. The van der Waals surface area contributed by atoms with Crippen molar-refractivity contribution in [1.29, 1.82) is 0 Å². The maximum Gasteiger partial charge on any atom is 0.221 e. The van der Waals surface area contributed by atoms with E-state index in [1.165, 1.54) is 11.8 Å². The SMILES string of the molecule is Cc1cnc(N)nc1SCCO. The molecule has 0 aromatic carbocycles. The van der Waals surface area contributed by atoms with Gasteiger partial charge < -0.3 is 10.8 Å². The molecule has 0 saturated heterocycles. The van der Waals surface area contributed by atoms with Gasteiger partial charge >= 0.3 is 0 Å². The lowest BCUT2D eigenvalue weighted by Gasteiger charge is -2.02. The number of aliphatic hydroxyl groups is 1. The highest BCUT2D eigenvalue weighted by molar-refractivity contribution is 7.99. The smallest absolute Gasteiger partial charge is 0.221 e. The molecule has 0 aliphatic carbocycles. The zero-order chi connectivity index (χ0) is 8.97. The van der Waals surface area contributed by atoms with Crippen molar-refractivity contribution in [2.24, 2.45) is 0 Å². The summed E-state index contributed by atoms with van der Waals surface area (Å²) in [6.07, 6.45) is 1.68. The number of anilines is 1. The highest BCUT2D eigenvalue weighted by Gasteiger charge is 2.01. The van der Waals surface area contributed by atoms with Crippen molar-refractivity contribution < 1.29 is 5.11 Å². The Labute approximate surface area is 75.2 Å². The third-order valence-corrected chi connectivity index (χ3v) is 2.35. The molecule has 12 heavy (non-hydrogen) atoms. The van der Waals surface area contributed by atoms with Crippen LogP contribution in [0.5, 0.6) is 0 Å². The van der Waals surface area contributed by atoms with Gasteiger partial charge in [-0.3, -0.25) is 0 Å². The normalized spacial score (nSPS) is 10.2. The van der Waals surface area contributed by atoms with Crippen LogP contribution in [-0.4, -0.2) is 27.4 Å². The molecule has 1 heterocycles. The number of nitrogen functional groups attached to an aromatic ring is 1. The molecule has 3 N–H and O–H groups in total. The summed E-state index contributed by atoms with van der Waals surface area (Å²) < 4.78 is 0. The fourth-order valence-electron chi connectivity index (χ4n) is 0.728. The summed E-state index contributed by atoms with van der Waals surface area (Å²) in [6, 6.07) is 0. The van der Waals surface area contributed by atoms with E-state index in [-0.39, 0.29) is 12.6 Å². The van der Waals surface area contributed by atoms with E-state index in [0.717, 1.165) is 10.6 Å². The maximum atomic E-state index is 8.59. The molecule has 4 nitrogen and oxygen atoms in total. The number of aryl methyl sites for hydroxylation is 1. The maximum absolute atomic E-state index is 8.59. The second-order valence-corrected chi connectivity index (χ2v) is 3.37. The number of hydrogen-bond donors (Lipinski definition) is 2. The molecular formula is C7H11N3OS. The molecule has 0 amide bonds. The molecule has 0 atom stereocenters. The fraction of sp³-hybridized carbons (Fsp3) is 0.429. The molecule has 0 bridgehead atoms. The van der Waals surface area contributed by atoms with Gasteiger partial charge in [0, 0.05) is 11.9 Å². The van der Waals surface area contributed by atoms with E-state index in [9.17, 15) is 0 Å². The number of hydrogen-bond acceptors (Lipinski definition) is 5. The number of nitrogens with two attached hydrogens (primary N) is 1.